The molecule has 1 heterocycles. The molecule has 0 saturated carbocycles. The summed E-state index contributed by atoms with van der Waals surface area (Å²) in [7, 11) is 0. The lowest BCUT2D eigenvalue weighted by Gasteiger charge is -2.30. The monoisotopic (exact) mass is 456 g/mol. The summed E-state index contributed by atoms with van der Waals surface area (Å²) in [5.41, 5.74) is 8.93. The van der Waals surface area contributed by atoms with Crippen LogP contribution in [0.5, 0.6) is 0 Å². The number of benzene rings is 3. The molecule has 0 unspecified atom stereocenters. The third-order valence-corrected chi connectivity index (χ3v) is 6.47. The van der Waals surface area contributed by atoms with Crippen LogP contribution in [0.1, 0.15) is 45.5 Å². The average Bonchev–Trinajstić information content (AvgIpc) is 3.02. The van der Waals surface area contributed by atoms with Gasteiger partial charge in [0.15, 0.2) is 0 Å². The minimum atomic E-state index is 0. The normalized spacial score (nSPS) is 15.2. The zero-order valence-corrected chi connectivity index (χ0v) is 19.5. The lowest BCUT2D eigenvalue weighted by molar-refractivity contribution is 0.0947. The second-order valence-electron chi connectivity index (χ2n) is 8.45. The van der Waals surface area contributed by atoms with Gasteiger partial charge in [-0.25, -0.2) is 0 Å². The summed E-state index contributed by atoms with van der Waals surface area (Å²) in [4.78, 5) is 14.7. The van der Waals surface area contributed by atoms with Gasteiger partial charge < -0.3 is 10.2 Å². The van der Waals surface area contributed by atoms with Gasteiger partial charge in [0, 0.05) is 31.7 Å². The Balaban J connectivity index is 0.00000259. The van der Waals surface area contributed by atoms with Crippen molar-refractivity contribution in [3.8, 4) is 0 Å². The number of nitrogens with zero attached hydrogens (tertiary/aromatic N) is 1. The van der Waals surface area contributed by atoms with Crippen molar-refractivity contribution in [1.82, 2.24) is 10.2 Å². The van der Waals surface area contributed by atoms with E-state index in [1.165, 1.54) is 33.4 Å². The number of fused-ring (bicyclic) bond motifs is 2. The van der Waals surface area contributed by atoms with E-state index in [4.69, 9.17) is 0 Å². The molecule has 1 aliphatic carbocycles. The van der Waals surface area contributed by atoms with Crippen molar-refractivity contribution >= 4 is 36.0 Å². The third kappa shape index (κ3) is 5.11. The Bertz CT molecular complexity index is 1120. The summed E-state index contributed by atoms with van der Waals surface area (Å²) in [5.74, 6) is 0.00425. The fourth-order valence-corrected chi connectivity index (χ4v) is 4.76. The highest BCUT2D eigenvalue weighted by Gasteiger charge is 2.22. The molecule has 4 heteroatoms. The van der Waals surface area contributed by atoms with E-state index >= 15 is 0 Å². The van der Waals surface area contributed by atoms with Crippen LogP contribution < -0.4 is 5.32 Å². The van der Waals surface area contributed by atoms with Crippen molar-refractivity contribution in [2.45, 2.75) is 12.8 Å². The van der Waals surface area contributed by atoms with Gasteiger partial charge in [-0.3, -0.25) is 4.79 Å². The number of carbonyl (C=O) groups is 1. The summed E-state index contributed by atoms with van der Waals surface area (Å²) < 4.78 is 0. The highest BCUT2D eigenvalue weighted by atomic mass is 35.5. The summed E-state index contributed by atoms with van der Waals surface area (Å²) >= 11 is 0. The molecule has 1 saturated heterocycles. The third-order valence-electron chi connectivity index (χ3n) is 6.47. The second kappa shape index (κ2) is 10.7. The van der Waals surface area contributed by atoms with Crippen LogP contribution in [0.25, 0.3) is 17.7 Å². The Labute approximate surface area is 202 Å². The van der Waals surface area contributed by atoms with Gasteiger partial charge in [0.2, 0.25) is 0 Å². The fourth-order valence-electron chi connectivity index (χ4n) is 4.76. The van der Waals surface area contributed by atoms with Crippen LogP contribution in [0, 0.1) is 0 Å². The van der Waals surface area contributed by atoms with Crippen LogP contribution in [0.3, 0.4) is 0 Å². The molecule has 5 rings (SSSR count). The first kappa shape index (κ1) is 23.0. The topological polar surface area (TPSA) is 32.3 Å². The molecular formula is C29H29ClN2O. The Morgan fingerprint density at radius 1 is 0.758 bits per heavy atom. The zero-order valence-electron chi connectivity index (χ0n) is 18.7. The first-order valence-electron chi connectivity index (χ1n) is 11.4. The standard InChI is InChI=1S/C29H28N2O.ClH/c32-29(25-10-2-1-3-11-25)30-18-21-31-19-16-24(17-20-31)28-26-12-6-4-8-22(26)14-15-23-9-5-7-13-27(23)28;/h1-15H,16-21H2,(H,30,32);1H. The van der Waals surface area contributed by atoms with E-state index in [1.54, 1.807) is 0 Å². The molecule has 3 nitrogen and oxygen atoms in total. The molecule has 2 aliphatic rings. The van der Waals surface area contributed by atoms with Crippen molar-refractivity contribution in [1.29, 1.82) is 0 Å². The molecular weight excluding hydrogens is 428 g/mol. The molecule has 3 aromatic rings. The maximum Gasteiger partial charge on any atom is 0.251 e. The SMILES string of the molecule is Cl.O=C(NCCN1CCC(=C2c3ccccc3C=Cc3ccccc32)CC1)c1ccccc1. The number of rotatable bonds is 4. The largest absolute Gasteiger partial charge is 0.351 e. The van der Waals surface area contributed by atoms with Crippen molar-refractivity contribution in [3.05, 3.63) is 112 Å². The molecule has 0 atom stereocenters. The Morgan fingerprint density at radius 2 is 1.30 bits per heavy atom. The number of hydrogen-bond donors (Lipinski definition) is 1. The molecule has 3 aromatic carbocycles. The van der Waals surface area contributed by atoms with Gasteiger partial charge in [0.25, 0.3) is 5.91 Å². The lowest BCUT2D eigenvalue weighted by Crippen LogP contribution is -2.38. The molecule has 33 heavy (non-hydrogen) atoms. The van der Waals surface area contributed by atoms with Crippen LogP contribution in [-0.2, 0) is 0 Å². The number of carbonyl (C=O) groups excluding carboxylic acids is 1. The van der Waals surface area contributed by atoms with Gasteiger partial charge in [-0.1, -0.05) is 84.5 Å². The summed E-state index contributed by atoms with van der Waals surface area (Å²) in [5, 5.41) is 3.05. The number of piperidine rings is 1. The maximum atomic E-state index is 12.3. The van der Waals surface area contributed by atoms with Crippen molar-refractivity contribution in [2.24, 2.45) is 0 Å². The Hall–Kier alpha value is -3.14. The molecule has 168 valence electrons. The van der Waals surface area contributed by atoms with E-state index < -0.39 is 0 Å². The summed E-state index contributed by atoms with van der Waals surface area (Å²) in [6.07, 6.45) is 6.60. The highest BCUT2D eigenvalue weighted by Crippen LogP contribution is 2.38. The van der Waals surface area contributed by atoms with Gasteiger partial charge in [-0.05, 0) is 52.8 Å². The van der Waals surface area contributed by atoms with Crippen molar-refractivity contribution in [3.63, 3.8) is 0 Å². The zero-order chi connectivity index (χ0) is 21.8. The molecule has 0 bridgehead atoms. The van der Waals surface area contributed by atoms with E-state index in [0.29, 0.717) is 6.54 Å². The van der Waals surface area contributed by atoms with Gasteiger partial charge >= 0.3 is 0 Å². The molecule has 1 N–H and O–H groups in total. The quantitative estimate of drug-likeness (QED) is 0.413. The molecule has 1 fully saturated rings. The van der Waals surface area contributed by atoms with E-state index in [-0.39, 0.29) is 18.3 Å². The van der Waals surface area contributed by atoms with Gasteiger partial charge in [-0.15, -0.1) is 12.4 Å². The average molecular weight is 457 g/mol. The van der Waals surface area contributed by atoms with Gasteiger partial charge in [0.05, 0.1) is 0 Å². The first-order chi connectivity index (χ1) is 15.8. The van der Waals surface area contributed by atoms with Crippen LogP contribution in [-0.4, -0.2) is 37.0 Å². The molecule has 0 radical (unpaired) electrons. The molecule has 1 amide bonds. The minimum absolute atomic E-state index is 0. The Kier molecular flexibility index (Phi) is 7.43. The number of hydrogen-bond acceptors (Lipinski definition) is 2. The van der Waals surface area contributed by atoms with E-state index in [9.17, 15) is 4.79 Å². The van der Waals surface area contributed by atoms with E-state index in [0.717, 1.165) is 38.0 Å². The summed E-state index contributed by atoms with van der Waals surface area (Å²) in [6, 6.07) is 26.9. The van der Waals surface area contributed by atoms with E-state index in [1.807, 2.05) is 30.3 Å². The second-order valence-corrected chi connectivity index (χ2v) is 8.45. The number of halogens is 1. The lowest BCUT2D eigenvalue weighted by atomic mass is 9.86. The number of amides is 1. The van der Waals surface area contributed by atoms with Crippen LogP contribution in [0.4, 0.5) is 0 Å². The van der Waals surface area contributed by atoms with E-state index in [2.05, 4.69) is 70.9 Å². The van der Waals surface area contributed by atoms with Crippen LogP contribution in [0.15, 0.2) is 84.4 Å². The number of nitrogens with one attached hydrogen (secondary N) is 1. The predicted molar refractivity (Wildman–Crippen MR) is 140 cm³/mol. The van der Waals surface area contributed by atoms with Gasteiger partial charge in [-0.2, -0.15) is 0 Å². The van der Waals surface area contributed by atoms with Crippen LogP contribution in [0.2, 0.25) is 0 Å². The smallest absolute Gasteiger partial charge is 0.251 e. The Morgan fingerprint density at radius 3 is 1.91 bits per heavy atom. The maximum absolute atomic E-state index is 12.3. The summed E-state index contributed by atoms with van der Waals surface area (Å²) in [6.45, 7) is 3.61. The van der Waals surface area contributed by atoms with Crippen molar-refractivity contribution < 1.29 is 4.79 Å². The highest BCUT2D eigenvalue weighted by molar-refractivity contribution is 5.95. The molecule has 0 spiro atoms. The van der Waals surface area contributed by atoms with Crippen LogP contribution >= 0.6 is 12.4 Å². The predicted octanol–water partition coefficient (Wildman–Crippen LogP) is 5.92. The number of likely N-dealkylation sites (tertiary alicyclic amines) is 1. The van der Waals surface area contributed by atoms with Gasteiger partial charge in [0.1, 0.15) is 0 Å². The fraction of sp³-hybridized carbons (Fsp3) is 0.207. The molecule has 1 aliphatic heterocycles. The molecule has 0 aromatic heterocycles. The minimum Gasteiger partial charge on any atom is -0.351 e. The first-order valence-corrected chi connectivity index (χ1v) is 11.4. The van der Waals surface area contributed by atoms with Crippen molar-refractivity contribution in [2.75, 3.05) is 26.2 Å².